The summed E-state index contributed by atoms with van der Waals surface area (Å²) < 4.78 is 17.5. The van der Waals surface area contributed by atoms with Crippen LogP contribution in [0.3, 0.4) is 0 Å². The first kappa shape index (κ1) is 45.6. The van der Waals surface area contributed by atoms with Crippen LogP contribution >= 0.6 is 0 Å². The Kier molecular flexibility index (Phi) is 14.7. The summed E-state index contributed by atoms with van der Waals surface area (Å²) in [5, 5.41) is 27.8. The Balaban J connectivity index is 0.787. The molecule has 3 heterocycles. The van der Waals surface area contributed by atoms with Gasteiger partial charge in [-0.1, -0.05) is 84.9 Å². The molecule has 5 aromatic carbocycles. The lowest BCUT2D eigenvalue weighted by Crippen LogP contribution is -2.61. The van der Waals surface area contributed by atoms with Gasteiger partial charge in [0.15, 0.2) is 6.61 Å². The Hall–Kier alpha value is -7.00. The molecule has 2 saturated heterocycles. The topological polar surface area (TPSA) is 183 Å². The molecule has 2 aliphatic rings. The van der Waals surface area contributed by atoms with Gasteiger partial charge < -0.3 is 44.9 Å². The van der Waals surface area contributed by atoms with Gasteiger partial charge in [0, 0.05) is 55.3 Å². The maximum absolute atomic E-state index is 13.8. The van der Waals surface area contributed by atoms with E-state index in [1.54, 1.807) is 53.4 Å². The van der Waals surface area contributed by atoms with Crippen LogP contribution in [0.2, 0.25) is 0 Å². The van der Waals surface area contributed by atoms with E-state index in [9.17, 15) is 29.4 Å². The van der Waals surface area contributed by atoms with Crippen molar-refractivity contribution in [3.63, 3.8) is 0 Å². The summed E-state index contributed by atoms with van der Waals surface area (Å²) in [5.41, 5.74) is 4.47. The average molecular weight is 894 g/mol. The van der Waals surface area contributed by atoms with E-state index in [1.807, 2.05) is 42.5 Å². The molecule has 5 N–H and O–H groups in total. The number of benzene rings is 5. The number of phenolic OH excluding ortho intramolecular Hbond substituents is 1. The van der Waals surface area contributed by atoms with Gasteiger partial charge in [-0.05, 0) is 90.5 Å². The van der Waals surface area contributed by atoms with Crippen molar-refractivity contribution in [1.82, 2.24) is 25.4 Å². The predicted molar refractivity (Wildman–Crippen MR) is 249 cm³/mol. The lowest BCUT2D eigenvalue weighted by Gasteiger charge is -2.39. The zero-order valence-corrected chi connectivity index (χ0v) is 36.9. The number of aromatic hydroxyl groups is 1. The van der Waals surface area contributed by atoms with Crippen molar-refractivity contribution >= 4 is 28.7 Å². The van der Waals surface area contributed by atoms with Gasteiger partial charge in [-0.3, -0.25) is 24.1 Å². The van der Waals surface area contributed by atoms with Gasteiger partial charge >= 0.3 is 5.97 Å². The van der Waals surface area contributed by atoms with Crippen LogP contribution in [-0.4, -0.2) is 102 Å². The molecule has 0 radical (unpaired) electrons. The van der Waals surface area contributed by atoms with E-state index < -0.39 is 12.0 Å². The molecule has 14 nitrogen and oxygen atoms in total. The van der Waals surface area contributed by atoms with Crippen LogP contribution in [0.25, 0.3) is 10.9 Å². The van der Waals surface area contributed by atoms with Crippen LogP contribution in [-0.2, 0) is 27.4 Å². The molecular formula is C52H55N5O9. The normalized spacial score (nSPS) is 15.4. The van der Waals surface area contributed by atoms with E-state index in [4.69, 9.17) is 14.2 Å². The SMILES string of the molecule is COc1cc(C(=O)N2CC(NC(=O)COc3cccc(C(C(=O)OCC4CCN(Cc5ccccc5)CC4)c4ccccc4)c3)C2)ccc1CNC[C@H](O)c1ccc(O)c2[nH]c(=O)ccc12. The molecule has 0 aliphatic carbocycles. The molecule has 66 heavy (non-hydrogen) atoms. The number of carbonyl (C=O) groups is 3. The standard InChI is InChI=1S/C52H55N5O9/c1-64-46-26-38(15-16-39(46)27-53-28-45(59)42-17-19-44(58)50-43(42)18-20-47(60)55-50)51(62)57-30-40(31-57)54-48(61)33-65-41-14-8-13-37(25-41)49(36-11-6-3-7-12-36)52(63)66-32-35-21-23-56(24-22-35)29-34-9-4-2-5-10-34/h2-20,25-26,35,40,45,49,53,58-59H,21-24,27-33H2,1H3,(H,54,61)(H,55,60)/t45-,49?/m0/s1. The molecule has 0 spiro atoms. The zero-order chi connectivity index (χ0) is 46.0. The molecule has 0 saturated carbocycles. The van der Waals surface area contributed by atoms with Gasteiger partial charge in [-0.2, -0.15) is 0 Å². The van der Waals surface area contributed by atoms with Crippen molar-refractivity contribution in [1.29, 1.82) is 0 Å². The largest absolute Gasteiger partial charge is 0.506 e. The number of methoxy groups -OCH3 is 1. The third kappa shape index (κ3) is 11.3. The number of fused-ring (bicyclic) bond motifs is 1. The van der Waals surface area contributed by atoms with E-state index in [0.717, 1.165) is 43.6 Å². The molecule has 2 aliphatic heterocycles. The molecule has 1 unspecified atom stereocenters. The minimum atomic E-state index is -0.936. The Morgan fingerprint density at radius 3 is 2.35 bits per heavy atom. The van der Waals surface area contributed by atoms with Gasteiger partial charge in [0.25, 0.3) is 11.8 Å². The summed E-state index contributed by atoms with van der Waals surface area (Å²) >= 11 is 0. The van der Waals surface area contributed by atoms with Gasteiger partial charge in [-0.15, -0.1) is 0 Å². The van der Waals surface area contributed by atoms with Crippen molar-refractivity contribution in [3.05, 3.63) is 171 Å². The van der Waals surface area contributed by atoms with E-state index in [1.165, 1.54) is 24.8 Å². The molecule has 14 heteroatoms. The molecule has 2 atom stereocenters. The fourth-order valence-electron chi connectivity index (χ4n) is 8.69. The Morgan fingerprint density at radius 2 is 1.59 bits per heavy atom. The first-order chi connectivity index (χ1) is 32.1. The van der Waals surface area contributed by atoms with Crippen LogP contribution in [0, 0.1) is 5.92 Å². The number of hydrogen-bond donors (Lipinski definition) is 5. The lowest BCUT2D eigenvalue weighted by molar-refractivity contribution is -0.146. The number of esters is 1. The number of ether oxygens (including phenoxy) is 3. The summed E-state index contributed by atoms with van der Waals surface area (Å²) in [6.07, 6.45) is 0.988. The highest BCUT2D eigenvalue weighted by Gasteiger charge is 2.33. The van der Waals surface area contributed by atoms with Crippen molar-refractivity contribution in [2.45, 2.75) is 44.0 Å². The maximum atomic E-state index is 13.8. The molecule has 8 rings (SSSR count). The smallest absolute Gasteiger partial charge is 0.317 e. The fourth-order valence-corrected chi connectivity index (χ4v) is 8.69. The van der Waals surface area contributed by atoms with Crippen molar-refractivity contribution in [3.8, 4) is 17.2 Å². The number of nitrogens with one attached hydrogen (secondary N) is 3. The van der Waals surface area contributed by atoms with Crippen LogP contribution in [0.15, 0.2) is 132 Å². The van der Waals surface area contributed by atoms with Crippen LogP contribution in [0.1, 0.15) is 63.0 Å². The van der Waals surface area contributed by atoms with E-state index in [-0.39, 0.29) is 53.8 Å². The van der Waals surface area contributed by atoms with Gasteiger partial charge in [0.05, 0.1) is 31.4 Å². The van der Waals surface area contributed by atoms with Gasteiger partial charge in [0.1, 0.15) is 23.2 Å². The summed E-state index contributed by atoms with van der Waals surface area (Å²) in [4.78, 5) is 58.7. The summed E-state index contributed by atoms with van der Waals surface area (Å²) in [5.74, 6) is -0.365. The fraction of sp³-hybridized carbons (Fsp3) is 0.308. The second kappa shape index (κ2) is 21.3. The molecule has 6 aromatic rings. The number of aromatic nitrogens is 1. The quantitative estimate of drug-likeness (QED) is 0.0671. The lowest BCUT2D eigenvalue weighted by atomic mass is 9.91. The number of pyridine rings is 1. The summed E-state index contributed by atoms with van der Waals surface area (Å²) in [7, 11) is 1.52. The number of carbonyl (C=O) groups excluding carboxylic acids is 3. The molecule has 0 bridgehead atoms. The van der Waals surface area contributed by atoms with Gasteiger partial charge in [-0.25, -0.2) is 0 Å². The number of hydrogen-bond acceptors (Lipinski definition) is 11. The number of rotatable bonds is 18. The number of H-pyrrole nitrogens is 1. The number of amides is 2. The third-order valence-electron chi connectivity index (χ3n) is 12.3. The molecular weight excluding hydrogens is 839 g/mol. The number of piperidine rings is 1. The first-order valence-electron chi connectivity index (χ1n) is 22.3. The monoisotopic (exact) mass is 893 g/mol. The Morgan fingerprint density at radius 1 is 0.848 bits per heavy atom. The van der Waals surface area contributed by atoms with Crippen molar-refractivity contribution < 1.29 is 38.8 Å². The highest BCUT2D eigenvalue weighted by atomic mass is 16.5. The van der Waals surface area contributed by atoms with Crippen molar-refractivity contribution in [2.75, 3.05) is 53.0 Å². The minimum Gasteiger partial charge on any atom is -0.506 e. The molecule has 2 amide bonds. The number of likely N-dealkylation sites (tertiary alicyclic amines) is 2. The second-order valence-electron chi connectivity index (χ2n) is 17.0. The molecule has 342 valence electrons. The maximum Gasteiger partial charge on any atom is 0.317 e. The Bertz CT molecular complexity index is 2680. The number of nitrogens with zero attached hydrogens (tertiary/aromatic N) is 2. The van der Waals surface area contributed by atoms with Crippen LogP contribution < -0.4 is 25.7 Å². The highest BCUT2D eigenvalue weighted by molar-refractivity contribution is 5.95. The van der Waals surface area contributed by atoms with E-state index >= 15 is 0 Å². The third-order valence-corrected chi connectivity index (χ3v) is 12.3. The summed E-state index contributed by atoms with van der Waals surface area (Å²) in [6, 6.07) is 38.1. The van der Waals surface area contributed by atoms with Gasteiger partial charge in [0.2, 0.25) is 5.56 Å². The predicted octanol–water partition coefficient (Wildman–Crippen LogP) is 5.67. The van der Waals surface area contributed by atoms with Crippen LogP contribution in [0.4, 0.5) is 0 Å². The second-order valence-corrected chi connectivity index (χ2v) is 17.0. The number of aliphatic hydroxyl groups is 1. The van der Waals surface area contributed by atoms with Crippen molar-refractivity contribution in [2.24, 2.45) is 5.92 Å². The highest BCUT2D eigenvalue weighted by Crippen LogP contribution is 2.31. The number of aliphatic hydroxyl groups excluding tert-OH is 1. The number of aromatic amines is 1. The minimum absolute atomic E-state index is 0.0832. The first-order valence-corrected chi connectivity index (χ1v) is 22.3. The van der Waals surface area contributed by atoms with E-state index in [0.29, 0.717) is 65.7 Å². The molecule has 1 aromatic heterocycles. The number of phenols is 1. The zero-order valence-electron chi connectivity index (χ0n) is 36.9. The molecule has 2 fully saturated rings. The average Bonchev–Trinajstić information content (AvgIpc) is 3.32. The summed E-state index contributed by atoms with van der Waals surface area (Å²) in [6.45, 7) is 4.12. The Labute approximate surface area is 383 Å². The van der Waals surface area contributed by atoms with E-state index in [2.05, 4.69) is 44.8 Å². The van der Waals surface area contributed by atoms with Crippen LogP contribution in [0.5, 0.6) is 17.2 Å².